The molecule has 0 N–H and O–H groups in total. The van der Waals surface area contributed by atoms with E-state index >= 15 is 0 Å². The van der Waals surface area contributed by atoms with E-state index in [1.807, 2.05) is 66.5 Å². The topological polar surface area (TPSA) is 73.1 Å². The largest absolute Gasteiger partial charge is 0.357 e. The van der Waals surface area contributed by atoms with Crippen LogP contribution in [0.15, 0.2) is 73.1 Å². The Morgan fingerprint density at radius 2 is 1.81 bits per heavy atom. The number of nitriles is 1. The number of hydrogen-bond donors (Lipinski definition) is 0. The molecule has 156 valence electrons. The maximum atomic E-state index is 13.4. The molecule has 1 aromatic carbocycles. The summed E-state index contributed by atoms with van der Waals surface area (Å²) in [7, 11) is 1.88. The molecular weight excluding hydrogens is 386 g/mol. The summed E-state index contributed by atoms with van der Waals surface area (Å²) in [6.45, 7) is 1.53. The average Bonchev–Trinajstić information content (AvgIpc) is 2.85. The van der Waals surface area contributed by atoms with Crippen LogP contribution in [-0.4, -0.2) is 40.9 Å². The first kappa shape index (κ1) is 20.5. The van der Waals surface area contributed by atoms with Crippen molar-refractivity contribution in [2.24, 2.45) is 5.92 Å². The Morgan fingerprint density at radius 3 is 2.42 bits per heavy atom. The molecule has 1 aliphatic rings. The number of carbonyl (C=O) groups excluding carboxylic acids is 1. The zero-order chi connectivity index (χ0) is 21.6. The first-order valence-electron chi connectivity index (χ1n) is 10.5. The van der Waals surface area contributed by atoms with Gasteiger partial charge in [-0.25, -0.2) is 4.98 Å². The first-order valence-corrected chi connectivity index (χ1v) is 10.5. The van der Waals surface area contributed by atoms with Crippen molar-refractivity contribution in [2.45, 2.75) is 18.9 Å². The van der Waals surface area contributed by atoms with Crippen LogP contribution in [0.4, 0.5) is 5.82 Å². The van der Waals surface area contributed by atoms with Crippen molar-refractivity contribution >= 4 is 11.7 Å². The van der Waals surface area contributed by atoms with Gasteiger partial charge >= 0.3 is 0 Å². The standard InChI is InChI=1S/C25H25N5O/c1-29(24(20-7-3-2-4-8-20)22-9-5-6-14-27-22)25(31)21-12-15-30(16-13-21)23-11-10-19(17-26)18-28-23/h2-11,14,18,21,24H,12-13,15-16H2,1H3/t24-/m1/s1. The maximum Gasteiger partial charge on any atom is 0.226 e. The lowest BCUT2D eigenvalue weighted by Crippen LogP contribution is -2.43. The highest BCUT2D eigenvalue weighted by atomic mass is 16.2. The summed E-state index contributed by atoms with van der Waals surface area (Å²) in [4.78, 5) is 26.4. The minimum atomic E-state index is -0.215. The van der Waals surface area contributed by atoms with E-state index in [9.17, 15) is 4.79 Å². The fourth-order valence-corrected chi connectivity index (χ4v) is 4.18. The summed E-state index contributed by atoms with van der Waals surface area (Å²) in [5.74, 6) is 0.968. The van der Waals surface area contributed by atoms with E-state index in [0.717, 1.165) is 43.0 Å². The van der Waals surface area contributed by atoms with Gasteiger partial charge in [-0.1, -0.05) is 36.4 Å². The van der Waals surface area contributed by atoms with Gasteiger partial charge in [0.05, 0.1) is 17.3 Å². The van der Waals surface area contributed by atoms with Crippen molar-refractivity contribution in [1.82, 2.24) is 14.9 Å². The highest BCUT2D eigenvalue weighted by molar-refractivity contribution is 5.80. The number of nitrogens with zero attached hydrogens (tertiary/aromatic N) is 5. The van der Waals surface area contributed by atoms with Gasteiger partial charge in [0.25, 0.3) is 0 Å². The third-order valence-corrected chi connectivity index (χ3v) is 5.86. The van der Waals surface area contributed by atoms with Gasteiger partial charge in [0.15, 0.2) is 0 Å². The van der Waals surface area contributed by atoms with Crippen molar-refractivity contribution < 1.29 is 4.79 Å². The lowest BCUT2D eigenvalue weighted by Gasteiger charge is -2.36. The third-order valence-electron chi connectivity index (χ3n) is 5.86. The minimum absolute atomic E-state index is 0.0328. The van der Waals surface area contributed by atoms with E-state index < -0.39 is 0 Å². The molecule has 1 aliphatic heterocycles. The van der Waals surface area contributed by atoms with Crippen LogP contribution in [0.2, 0.25) is 0 Å². The Kier molecular flexibility index (Phi) is 6.23. The molecule has 6 nitrogen and oxygen atoms in total. The number of benzene rings is 1. The smallest absolute Gasteiger partial charge is 0.226 e. The van der Waals surface area contributed by atoms with E-state index in [4.69, 9.17) is 5.26 Å². The fraction of sp³-hybridized carbons (Fsp3) is 0.280. The van der Waals surface area contributed by atoms with Crippen LogP contribution in [0, 0.1) is 17.2 Å². The minimum Gasteiger partial charge on any atom is -0.357 e. The van der Waals surface area contributed by atoms with Gasteiger partial charge in [0.2, 0.25) is 5.91 Å². The predicted molar refractivity (Wildman–Crippen MR) is 119 cm³/mol. The van der Waals surface area contributed by atoms with Gasteiger partial charge in [-0.3, -0.25) is 9.78 Å². The summed E-state index contributed by atoms with van der Waals surface area (Å²) in [6.07, 6.45) is 4.91. The van der Waals surface area contributed by atoms with Crippen LogP contribution < -0.4 is 4.90 Å². The maximum absolute atomic E-state index is 13.4. The van der Waals surface area contributed by atoms with Crippen LogP contribution in [0.5, 0.6) is 0 Å². The second kappa shape index (κ2) is 9.40. The molecule has 3 heterocycles. The highest BCUT2D eigenvalue weighted by Gasteiger charge is 2.32. The Hall–Kier alpha value is -3.72. The molecule has 31 heavy (non-hydrogen) atoms. The van der Waals surface area contributed by atoms with E-state index in [1.165, 1.54) is 0 Å². The molecule has 0 unspecified atom stereocenters. The molecule has 0 saturated carbocycles. The molecule has 4 rings (SSSR count). The third kappa shape index (κ3) is 4.56. The number of rotatable bonds is 5. The Morgan fingerprint density at radius 1 is 1.06 bits per heavy atom. The molecule has 0 bridgehead atoms. The van der Waals surface area contributed by atoms with E-state index in [-0.39, 0.29) is 17.9 Å². The van der Waals surface area contributed by atoms with Gasteiger partial charge < -0.3 is 9.80 Å². The van der Waals surface area contributed by atoms with Crippen LogP contribution in [0.3, 0.4) is 0 Å². The zero-order valence-electron chi connectivity index (χ0n) is 17.6. The molecule has 1 saturated heterocycles. The summed E-state index contributed by atoms with van der Waals surface area (Å²) >= 11 is 0. The number of aromatic nitrogens is 2. The first-order chi connectivity index (χ1) is 15.2. The fourth-order valence-electron chi connectivity index (χ4n) is 4.18. The van der Waals surface area contributed by atoms with Crippen molar-refractivity contribution in [2.75, 3.05) is 25.0 Å². The SMILES string of the molecule is CN(C(=O)C1CCN(c2ccc(C#N)cn2)CC1)[C@H](c1ccccc1)c1ccccn1. The monoisotopic (exact) mass is 411 g/mol. The molecule has 0 spiro atoms. The van der Waals surface area contributed by atoms with Gasteiger partial charge in [-0.2, -0.15) is 5.26 Å². The normalized spacial score (nSPS) is 15.2. The molecule has 3 aromatic rings. The van der Waals surface area contributed by atoms with Gasteiger partial charge in [-0.15, -0.1) is 0 Å². The quantitative estimate of drug-likeness (QED) is 0.638. The van der Waals surface area contributed by atoms with Gasteiger partial charge in [0, 0.05) is 38.4 Å². The molecule has 0 radical (unpaired) electrons. The number of pyridine rings is 2. The molecular formula is C25H25N5O. The predicted octanol–water partition coefficient (Wildman–Crippen LogP) is 3.81. The summed E-state index contributed by atoms with van der Waals surface area (Å²) in [5, 5.41) is 8.95. The Bertz CT molecular complexity index is 999. The van der Waals surface area contributed by atoms with Crippen LogP contribution in [0.1, 0.15) is 35.7 Å². The molecule has 0 aliphatic carbocycles. The van der Waals surface area contributed by atoms with E-state index in [1.54, 1.807) is 18.5 Å². The molecule has 1 amide bonds. The van der Waals surface area contributed by atoms with Crippen molar-refractivity contribution in [3.05, 3.63) is 89.9 Å². The van der Waals surface area contributed by atoms with Gasteiger partial charge in [-0.05, 0) is 42.7 Å². The lowest BCUT2D eigenvalue weighted by atomic mass is 9.93. The second-order valence-electron chi connectivity index (χ2n) is 7.80. The number of amides is 1. The number of carbonyl (C=O) groups is 1. The van der Waals surface area contributed by atoms with Gasteiger partial charge in [0.1, 0.15) is 11.9 Å². The highest BCUT2D eigenvalue weighted by Crippen LogP contribution is 2.30. The second-order valence-corrected chi connectivity index (χ2v) is 7.80. The van der Waals surface area contributed by atoms with Crippen molar-refractivity contribution in [3.63, 3.8) is 0 Å². The Labute approximate surface area is 182 Å². The van der Waals surface area contributed by atoms with Crippen LogP contribution in [-0.2, 0) is 4.79 Å². The summed E-state index contributed by atoms with van der Waals surface area (Å²) in [5.41, 5.74) is 2.47. The molecule has 1 atom stereocenters. The van der Waals surface area contributed by atoms with E-state index in [2.05, 4.69) is 20.9 Å². The summed E-state index contributed by atoms with van der Waals surface area (Å²) < 4.78 is 0. The average molecular weight is 412 g/mol. The molecule has 2 aromatic heterocycles. The lowest BCUT2D eigenvalue weighted by molar-refractivity contribution is -0.136. The molecule has 1 fully saturated rings. The van der Waals surface area contributed by atoms with Crippen molar-refractivity contribution in [1.29, 1.82) is 5.26 Å². The number of anilines is 1. The summed E-state index contributed by atoms with van der Waals surface area (Å²) in [6, 6.07) is 21.4. The van der Waals surface area contributed by atoms with Crippen molar-refractivity contribution in [3.8, 4) is 6.07 Å². The van der Waals surface area contributed by atoms with E-state index in [0.29, 0.717) is 5.56 Å². The molecule has 6 heteroatoms. The zero-order valence-corrected chi connectivity index (χ0v) is 17.6. The Balaban J connectivity index is 1.47. The number of piperidine rings is 1. The van der Waals surface area contributed by atoms with Crippen LogP contribution in [0.25, 0.3) is 0 Å². The van der Waals surface area contributed by atoms with Crippen LogP contribution >= 0.6 is 0 Å². The number of hydrogen-bond acceptors (Lipinski definition) is 5.